The normalized spacial score (nSPS) is 21.7. The van der Waals surface area contributed by atoms with Gasteiger partial charge in [-0.05, 0) is 30.5 Å². The van der Waals surface area contributed by atoms with Gasteiger partial charge in [0.1, 0.15) is 11.7 Å². The number of nitrogens with zero attached hydrogens (tertiary/aromatic N) is 1. The number of hydrogen-bond donors (Lipinski definition) is 2. The van der Waals surface area contributed by atoms with Gasteiger partial charge < -0.3 is 10.6 Å². The molecular formula is C17H24FN3. The molecule has 1 heterocycles. The van der Waals surface area contributed by atoms with Crippen LogP contribution in [0.15, 0.2) is 29.3 Å². The number of nitrogens with one attached hydrogen (secondary N) is 2. The van der Waals surface area contributed by atoms with Gasteiger partial charge in [-0.3, -0.25) is 4.99 Å². The Morgan fingerprint density at radius 1 is 1.19 bits per heavy atom. The summed E-state index contributed by atoms with van der Waals surface area (Å²) in [6.07, 6.45) is 7.46. The Hall–Kier alpha value is -1.42. The van der Waals surface area contributed by atoms with Crippen molar-refractivity contribution in [2.45, 2.75) is 50.6 Å². The topological polar surface area (TPSA) is 36.4 Å². The second-order valence-corrected chi connectivity index (χ2v) is 6.14. The van der Waals surface area contributed by atoms with E-state index in [2.05, 4.69) is 10.6 Å². The number of benzene rings is 1. The Balaban J connectivity index is 1.71. The lowest BCUT2D eigenvalue weighted by Crippen LogP contribution is -2.59. The van der Waals surface area contributed by atoms with Gasteiger partial charge in [-0.25, -0.2) is 4.39 Å². The number of amidine groups is 1. The lowest BCUT2D eigenvalue weighted by Gasteiger charge is -2.38. The molecule has 114 valence electrons. The van der Waals surface area contributed by atoms with E-state index in [9.17, 15) is 4.39 Å². The van der Waals surface area contributed by atoms with Crippen molar-refractivity contribution in [2.75, 3.05) is 13.1 Å². The number of hydrogen-bond acceptors (Lipinski definition) is 3. The van der Waals surface area contributed by atoms with Gasteiger partial charge in [0.25, 0.3) is 0 Å². The molecule has 1 spiro atoms. The molecule has 2 N–H and O–H groups in total. The quantitative estimate of drug-likeness (QED) is 0.878. The molecule has 0 atom stereocenters. The highest BCUT2D eigenvalue weighted by Gasteiger charge is 2.37. The van der Waals surface area contributed by atoms with E-state index < -0.39 is 0 Å². The Kier molecular flexibility index (Phi) is 4.54. The monoisotopic (exact) mass is 289 g/mol. The predicted octanol–water partition coefficient (Wildman–Crippen LogP) is 3.01. The maximum Gasteiger partial charge on any atom is 0.123 e. The van der Waals surface area contributed by atoms with E-state index in [1.807, 2.05) is 6.07 Å². The molecule has 1 aromatic rings. The first-order valence-electron chi connectivity index (χ1n) is 8.07. The standard InChI is InChI=1S/C17H24FN3/c18-15-7-5-6-14(12-15)13-20-16-17(21-11-10-19-16)8-3-1-2-4-9-17/h5-7,12,21H,1-4,8-11,13H2,(H,19,20). The van der Waals surface area contributed by atoms with Crippen molar-refractivity contribution in [3.8, 4) is 0 Å². The van der Waals surface area contributed by atoms with E-state index in [0.29, 0.717) is 6.54 Å². The van der Waals surface area contributed by atoms with Crippen molar-refractivity contribution in [2.24, 2.45) is 4.99 Å². The predicted molar refractivity (Wildman–Crippen MR) is 84.0 cm³/mol. The summed E-state index contributed by atoms with van der Waals surface area (Å²) in [6, 6.07) is 6.78. The number of halogens is 1. The second kappa shape index (κ2) is 6.56. The van der Waals surface area contributed by atoms with Crippen molar-refractivity contribution in [1.82, 2.24) is 10.6 Å². The minimum absolute atomic E-state index is 0.0298. The van der Waals surface area contributed by atoms with Gasteiger partial charge >= 0.3 is 0 Å². The molecule has 2 aliphatic rings. The summed E-state index contributed by atoms with van der Waals surface area (Å²) in [6.45, 7) is 2.43. The van der Waals surface area contributed by atoms with Crippen LogP contribution in [0.25, 0.3) is 0 Å². The molecule has 1 aliphatic carbocycles. The summed E-state index contributed by atoms with van der Waals surface area (Å²) in [5.74, 6) is 0.905. The minimum atomic E-state index is -0.179. The average molecular weight is 289 g/mol. The summed E-state index contributed by atoms with van der Waals surface area (Å²) < 4.78 is 13.3. The lowest BCUT2D eigenvalue weighted by atomic mass is 9.87. The van der Waals surface area contributed by atoms with Crippen LogP contribution in [0.1, 0.15) is 44.1 Å². The summed E-state index contributed by atoms with van der Waals surface area (Å²) in [4.78, 5) is 4.73. The van der Waals surface area contributed by atoms with Crippen LogP contribution in [0.2, 0.25) is 0 Å². The maximum absolute atomic E-state index is 13.3. The smallest absolute Gasteiger partial charge is 0.123 e. The highest BCUT2D eigenvalue weighted by Crippen LogP contribution is 2.29. The van der Waals surface area contributed by atoms with E-state index in [1.54, 1.807) is 12.1 Å². The Morgan fingerprint density at radius 3 is 2.76 bits per heavy atom. The van der Waals surface area contributed by atoms with E-state index in [0.717, 1.165) is 37.3 Å². The molecule has 1 aliphatic heterocycles. The van der Waals surface area contributed by atoms with Crippen molar-refractivity contribution in [3.05, 3.63) is 35.6 Å². The van der Waals surface area contributed by atoms with Gasteiger partial charge in [0.05, 0.1) is 12.1 Å². The second-order valence-electron chi connectivity index (χ2n) is 6.14. The fourth-order valence-electron chi connectivity index (χ4n) is 3.50. The van der Waals surface area contributed by atoms with E-state index in [-0.39, 0.29) is 11.4 Å². The van der Waals surface area contributed by atoms with E-state index >= 15 is 0 Å². The van der Waals surface area contributed by atoms with Crippen LogP contribution in [0.3, 0.4) is 0 Å². The maximum atomic E-state index is 13.3. The molecule has 3 nitrogen and oxygen atoms in total. The molecule has 0 radical (unpaired) electrons. The zero-order valence-corrected chi connectivity index (χ0v) is 12.5. The molecule has 0 amide bonds. The molecule has 1 aromatic carbocycles. The molecule has 0 unspecified atom stereocenters. The van der Waals surface area contributed by atoms with Gasteiger partial charge in [-0.1, -0.05) is 37.8 Å². The Bertz CT molecular complexity index is 505. The molecule has 21 heavy (non-hydrogen) atoms. The SMILES string of the molecule is Fc1cccc(CNC2=NCCNC23CCCCCC3)c1. The third-order valence-electron chi connectivity index (χ3n) is 4.60. The van der Waals surface area contributed by atoms with Crippen LogP contribution in [0.5, 0.6) is 0 Å². The fourth-order valence-corrected chi connectivity index (χ4v) is 3.50. The number of rotatable bonds is 2. The van der Waals surface area contributed by atoms with Gasteiger partial charge in [0, 0.05) is 13.1 Å². The van der Waals surface area contributed by atoms with Crippen LogP contribution < -0.4 is 10.6 Å². The lowest BCUT2D eigenvalue weighted by molar-refractivity contribution is 0.363. The van der Waals surface area contributed by atoms with Crippen LogP contribution in [0.4, 0.5) is 4.39 Å². The molecule has 1 fully saturated rings. The summed E-state index contributed by atoms with van der Waals surface area (Å²) >= 11 is 0. The van der Waals surface area contributed by atoms with Gasteiger partial charge in [0.15, 0.2) is 0 Å². The zero-order valence-electron chi connectivity index (χ0n) is 12.5. The van der Waals surface area contributed by atoms with Crippen LogP contribution in [-0.4, -0.2) is 24.5 Å². The average Bonchev–Trinajstić information content (AvgIpc) is 2.73. The largest absolute Gasteiger partial charge is 0.368 e. The van der Waals surface area contributed by atoms with Gasteiger partial charge in [-0.15, -0.1) is 0 Å². The first-order chi connectivity index (χ1) is 10.3. The van der Waals surface area contributed by atoms with Gasteiger partial charge in [0.2, 0.25) is 0 Å². The Labute approximate surface area is 126 Å². The number of aliphatic imine (C=N–C) groups is 1. The highest BCUT2D eigenvalue weighted by molar-refractivity contribution is 5.92. The molecular weight excluding hydrogens is 265 g/mol. The first kappa shape index (κ1) is 14.5. The highest BCUT2D eigenvalue weighted by atomic mass is 19.1. The van der Waals surface area contributed by atoms with Crippen LogP contribution >= 0.6 is 0 Å². The molecule has 4 heteroatoms. The molecule has 0 bridgehead atoms. The summed E-state index contributed by atoms with van der Waals surface area (Å²) in [7, 11) is 0. The molecule has 0 saturated heterocycles. The molecule has 3 rings (SSSR count). The third-order valence-corrected chi connectivity index (χ3v) is 4.60. The minimum Gasteiger partial charge on any atom is -0.368 e. The molecule has 1 saturated carbocycles. The van der Waals surface area contributed by atoms with Crippen molar-refractivity contribution < 1.29 is 4.39 Å². The Morgan fingerprint density at radius 2 is 2.00 bits per heavy atom. The van der Waals surface area contributed by atoms with Crippen LogP contribution in [0, 0.1) is 5.82 Å². The summed E-state index contributed by atoms with van der Waals surface area (Å²) in [5, 5.41) is 7.18. The molecule has 0 aromatic heterocycles. The van der Waals surface area contributed by atoms with Crippen molar-refractivity contribution in [1.29, 1.82) is 0 Å². The third kappa shape index (κ3) is 3.43. The van der Waals surface area contributed by atoms with E-state index in [1.165, 1.54) is 31.7 Å². The van der Waals surface area contributed by atoms with Crippen LogP contribution in [-0.2, 0) is 6.54 Å². The van der Waals surface area contributed by atoms with Crippen molar-refractivity contribution >= 4 is 5.84 Å². The van der Waals surface area contributed by atoms with Crippen molar-refractivity contribution in [3.63, 3.8) is 0 Å². The van der Waals surface area contributed by atoms with E-state index in [4.69, 9.17) is 4.99 Å². The fraction of sp³-hybridized carbons (Fsp3) is 0.588. The van der Waals surface area contributed by atoms with Gasteiger partial charge in [-0.2, -0.15) is 0 Å². The first-order valence-corrected chi connectivity index (χ1v) is 8.07. The zero-order chi connectivity index (χ0) is 14.5. The summed E-state index contributed by atoms with van der Waals surface area (Å²) in [5.41, 5.74) is 0.995.